The Morgan fingerprint density at radius 3 is 2.42 bits per heavy atom. The Morgan fingerprint density at radius 2 is 1.95 bits per heavy atom. The minimum absolute atomic E-state index is 0.137. The monoisotopic (exact) mass is 264 g/mol. The van der Waals surface area contributed by atoms with Crippen molar-refractivity contribution in [2.75, 3.05) is 12.4 Å². The predicted molar refractivity (Wildman–Crippen MR) is 77.5 cm³/mol. The molecular weight excluding hydrogens is 240 g/mol. The zero-order valence-electron chi connectivity index (χ0n) is 12.4. The molecule has 1 amide bonds. The van der Waals surface area contributed by atoms with Crippen LogP contribution in [0.3, 0.4) is 0 Å². The van der Waals surface area contributed by atoms with Gasteiger partial charge in [0.05, 0.1) is 11.9 Å². The summed E-state index contributed by atoms with van der Waals surface area (Å²) in [7, 11) is 1.77. The number of nitrogens with one attached hydrogen (secondary N) is 2. The molecule has 1 aromatic heterocycles. The second-order valence-electron chi connectivity index (χ2n) is 4.88. The van der Waals surface area contributed by atoms with Crippen LogP contribution in [0, 0.1) is 0 Å². The van der Waals surface area contributed by atoms with Crippen molar-refractivity contribution < 1.29 is 4.79 Å². The molecule has 0 spiro atoms. The fraction of sp³-hybridized carbons (Fsp3) is 0.643. The first-order valence-corrected chi connectivity index (χ1v) is 6.88. The van der Waals surface area contributed by atoms with Crippen LogP contribution < -0.4 is 10.6 Å². The summed E-state index contributed by atoms with van der Waals surface area (Å²) in [6.07, 6.45) is 3.50. The van der Waals surface area contributed by atoms with Crippen LogP contribution in [0.15, 0.2) is 6.20 Å². The fourth-order valence-electron chi connectivity index (χ4n) is 1.78. The Kier molecular flexibility index (Phi) is 5.73. The van der Waals surface area contributed by atoms with E-state index in [4.69, 9.17) is 0 Å². The van der Waals surface area contributed by atoms with E-state index in [2.05, 4.69) is 34.4 Å². The van der Waals surface area contributed by atoms with Crippen LogP contribution >= 0.6 is 0 Å². The first-order chi connectivity index (χ1) is 9.03. The molecule has 1 rings (SSSR count). The molecule has 106 valence electrons. The maximum absolute atomic E-state index is 12.3. The molecule has 19 heavy (non-hydrogen) atoms. The van der Waals surface area contributed by atoms with Gasteiger partial charge in [0.15, 0.2) is 5.69 Å². The third-order valence-electron chi connectivity index (χ3n) is 3.13. The van der Waals surface area contributed by atoms with E-state index in [0.717, 1.165) is 12.8 Å². The van der Waals surface area contributed by atoms with E-state index in [-0.39, 0.29) is 17.9 Å². The number of hydrogen-bond acceptors (Lipinski definition) is 4. The Hall–Kier alpha value is -1.65. The van der Waals surface area contributed by atoms with Crippen molar-refractivity contribution in [3.63, 3.8) is 0 Å². The molecule has 1 heterocycles. The number of hydrogen-bond donors (Lipinski definition) is 2. The number of rotatable bonds is 6. The zero-order chi connectivity index (χ0) is 14.4. The lowest BCUT2D eigenvalue weighted by molar-refractivity contribution is 0.0930. The average Bonchev–Trinajstić information content (AvgIpc) is 2.43. The van der Waals surface area contributed by atoms with Crippen LogP contribution in [0.5, 0.6) is 0 Å². The summed E-state index contributed by atoms with van der Waals surface area (Å²) in [5, 5.41) is 5.97. The maximum atomic E-state index is 12.3. The van der Waals surface area contributed by atoms with Crippen LogP contribution in [0.1, 0.15) is 62.8 Å². The highest BCUT2D eigenvalue weighted by molar-refractivity contribution is 5.97. The van der Waals surface area contributed by atoms with Crippen LogP contribution in [-0.2, 0) is 0 Å². The highest BCUT2D eigenvalue weighted by Crippen LogP contribution is 2.16. The topological polar surface area (TPSA) is 66.9 Å². The Morgan fingerprint density at radius 1 is 1.32 bits per heavy atom. The van der Waals surface area contributed by atoms with Crippen LogP contribution in [0.25, 0.3) is 0 Å². The summed E-state index contributed by atoms with van der Waals surface area (Å²) in [5.74, 6) is 0.752. The van der Waals surface area contributed by atoms with Gasteiger partial charge in [-0.15, -0.1) is 0 Å². The molecule has 0 aliphatic carbocycles. The van der Waals surface area contributed by atoms with Crippen molar-refractivity contribution in [3.05, 3.63) is 17.7 Å². The second kappa shape index (κ2) is 7.07. The summed E-state index contributed by atoms with van der Waals surface area (Å²) in [5.41, 5.74) is 1.08. The summed E-state index contributed by atoms with van der Waals surface area (Å²) in [4.78, 5) is 20.9. The van der Waals surface area contributed by atoms with Gasteiger partial charge in [-0.1, -0.05) is 27.7 Å². The minimum atomic E-state index is -0.137. The first-order valence-electron chi connectivity index (χ1n) is 6.88. The van der Waals surface area contributed by atoms with Crippen molar-refractivity contribution >= 4 is 11.6 Å². The predicted octanol–water partition coefficient (Wildman–Crippen LogP) is 2.56. The molecule has 1 aromatic rings. The lowest BCUT2D eigenvalue weighted by Crippen LogP contribution is -2.35. The summed E-state index contributed by atoms with van der Waals surface area (Å²) in [6.45, 7) is 8.15. The molecule has 0 radical (unpaired) electrons. The van der Waals surface area contributed by atoms with E-state index in [1.165, 1.54) is 0 Å². The smallest absolute Gasteiger partial charge is 0.272 e. The first kappa shape index (κ1) is 15.4. The van der Waals surface area contributed by atoms with Crippen molar-refractivity contribution in [3.8, 4) is 0 Å². The quantitative estimate of drug-likeness (QED) is 0.828. The highest BCUT2D eigenvalue weighted by atomic mass is 16.2. The maximum Gasteiger partial charge on any atom is 0.272 e. The molecule has 2 N–H and O–H groups in total. The van der Waals surface area contributed by atoms with Gasteiger partial charge in [-0.2, -0.15) is 0 Å². The van der Waals surface area contributed by atoms with Gasteiger partial charge in [-0.05, 0) is 12.8 Å². The number of carbonyl (C=O) groups is 1. The molecule has 0 saturated heterocycles. The molecule has 0 aromatic carbocycles. The zero-order valence-corrected chi connectivity index (χ0v) is 12.4. The number of aromatic nitrogens is 2. The summed E-state index contributed by atoms with van der Waals surface area (Å²) >= 11 is 0. The van der Waals surface area contributed by atoms with Crippen molar-refractivity contribution in [2.24, 2.45) is 0 Å². The van der Waals surface area contributed by atoms with Crippen LogP contribution in [0.2, 0.25) is 0 Å². The fourth-order valence-corrected chi connectivity index (χ4v) is 1.78. The normalized spacial score (nSPS) is 10.9. The van der Waals surface area contributed by atoms with E-state index in [1.807, 2.05) is 13.8 Å². The van der Waals surface area contributed by atoms with E-state index < -0.39 is 0 Å². The lowest BCUT2D eigenvalue weighted by atomic mass is 10.1. The molecule has 5 nitrogen and oxygen atoms in total. The molecule has 0 aliphatic heterocycles. The lowest BCUT2D eigenvalue weighted by Gasteiger charge is -2.16. The van der Waals surface area contributed by atoms with E-state index in [1.54, 1.807) is 13.2 Å². The van der Waals surface area contributed by atoms with Gasteiger partial charge in [-0.25, -0.2) is 9.97 Å². The molecule has 0 atom stereocenters. The third kappa shape index (κ3) is 3.91. The van der Waals surface area contributed by atoms with E-state index in [9.17, 15) is 4.79 Å². The number of carbonyl (C=O) groups excluding carboxylic acids is 1. The molecular formula is C14H24N4O. The Bertz CT molecular complexity index is 427. The highest BCUT2D eigenvalue weighted by Gasteiger charge is 2.17. The molecule has 0 saturated carbocycles. The van der Waals surface area contributed by atoms with Gasteiger partial charge in [0.25, 0.3) is 5.91 Å². The molecule has 0 aliphatic rings. The summed E-state index contributed by atoms with van der Waals surface area (Å²) in [6, 6.07) is 0.190. The van der Waals surface area contributed by atoms with Gasteiger partial charge in [0, 0.05) is 19.0 Å². The van der Waals surface area contributed by atoms with Gasteiger partial charge in [0.2, 0.25) is 0 Å². The number of anilines is 1. The van der Waals surface area contributed by atoms with Gasteiger partial charge in [-0.3, -0.25) is 4.79 Å². The van der Waals surface area contributed by atoms with Crippen molar-refractivity contribution in [1.82, 2.24) is 15.3 Å². The third-order valence-corrected chi connectivity index (χ3v) is 3.13. The molecule has 0 fully saturated rings. The molecule has 0 unspecified atom stereocenters. The van der Waals surface area contributed by atoms with E-state index >= 15 is 0 Å². The minimum Gasteiger partial charge on any atom is -0.385 e. The average molecular weight is 264 g/mol. The van der Waals surface area contributed by atoms with Crippen LogP contribution in [-0.4, -0.2) is 29.0 Å². The van der Waals surface area contributed by atoms with E-state index in [0.29, 0.717) is 17.2 Å². The van der Waals surface area contributed by atoms with Crippen LogP contribution in [0.4, 0.5) is 5.69 Å². The largest absolute Gasteiger partial charge is 0.385 e. The molecule has 5 heteroatoms. The van der Waals surface area contributed by atoms with Crippen molar-refractivity contribution in [2.45, 2.75) is 52.5 Å². The Labute approximate surface area is 115 Å². The van der Waals surface area contributed by atoms with Gasteiger partial charge in [0.1, 0.15) is 5.82 Å². The summed E-state index contributed by atoms with van der Waals surface area (Å²) < 4.78 is 0. The Balaban J connectivity index is 3.02. The SMILES string of the molecule is CCC(CC)NC(=O)c1nc(C(C)C)ncc1NC. The van der Waals surface area contributed by atoms with Gasteiger partial charge < -0.3 is 10.6 Å². The van der Waals surface area contributed by atoms with Crippen molar-refractivity contribution in [1.29, 1.82) is 0 Å². The molecule has 0 bridgehead atoms. The van der Waals surface area contributed by atoms with Gasteiger partial charge >= 0.3 is 0 Å². The second-order valence-corrected chi connectivity index (χ2v) is 4.88. The standard InChI is InChI=1S/C14H24N4O/c1-6-10(7-2)17-14(19)12-11(15-5)8-16-13(18-12)9(3)4/h8-10,15H,6-7H2,1-5H3,(H,17,19). The number of nitrogens with zero attached hydrogens (tertiary/aromatic N) is 2. The number of amides is 1.